The Hall–Kier alpha value is -5.68. The summed E-state index contributed by atoms with van der Waals surface area (Å²) in [5.74, 6) is -0.0591. The van der Waals surface area contributed by atoms with Crippen LogP contribution >= 0.6 is 11.6 Å². The van der Waals surface area contributed by atoms with Crippen molar-refractivity contribution in [3.63, 3.8) is 0 Å². The highest BCUT2D eigenvalue weighted by molar-refractivity contribution is 6.36. The fourth-order valence-corrected chi connectivity index (χ4v) is 8.11. The fraction of sp³-hybridized carbons (Fsp3) is 0.370. The van der Waals surface area contributed by atoms with Gasteiger partial charge in [0.15, 0.2) is 0 Å². The number of alkyl carbamates (subject to hydrolysis) is 1. The zero-order valence-electron chi connectivity index (χ0n) is 34.1. The van der Waals surface area contributed by atoms with Crippen molar-refractivity contribution in [2.24, 2.45) is 0 Å². The first-order valence-electron chi connectivity index (χ1n) is 19.7. The minimum Gasteiger partial charge on any atom is -0.444 e. The van der Waals surface area contributed by atoms with Crippen LogP contribution in [-0.2, 0) is 33.7 Å². The smallest absolute Gasteiger partial charge is 0.410 e. The highest BCUT2D eigenvalue weighted by Crippen LogP contribution is 2.41. The molecule has 1 aliphatic heterocycles. The average molecular weight is 804 g/mol. The zero-order valence-corrected chi connectivity index (χ0v) is 34.8. The molecule has 2 atom stereocenters. The van der Waals surface area contributed by atoms with E-state index in [4.69, 9.17) is 21.1 Å². The van der Waals surface area contributed by atoms with Crippen molar-refractivity contribution < 1.29 is 23.9 Å². The molecule has 12 heteroatoms. The molecule has 3 amide bonds. The first-order chi connectivity index (χ1) is 27.4. The summed E-state index contributed by atoms with van der Waals surface area (Å²) < 4.78 is 12.6. The van der Waals surface area contributed by atoms with Crippen LogP contribution in [0.3, 0.4) is 0 Å². The third-order valence-electron chi connectivity index (χ3n) is 10.4. The molecule has 2 aromatic heterocycles. The van der Waals surface area contributed by atoms with Crippen molar-refractivity contribution in [2.45, 2.75) is 104 Å². The molecule has 0 spiro atoms. The van der Waals surface area contributed by atoms with Crippen molar-refractivity contribution in [1.29, 1.82) is 0 Å². The van der Waals surface area contributed by atoms with Gasteiger partial charge >= 0.3 is 12.2 Å². The SMILES string of the molecule is Cc1c(-c2ccn3c(=O)c(CN(C[C@@H]4CCC(=O)N4)C(=O)OC(C)(C)C)cnc3c2)cccc1-c1cccc(-c2ccc3c(c2)CC(NC(=O)OC(C)(C)C)C3)c1Cl. The number of carbonyl (C=O) groups excluding carboxylic acids is 3. The first kappa shape index (κ1) is 40.5. The third kappa shape index (κ3) is 9.05. The second kappa shape index (κ2) is 15.9. The van der Waals surface area contributed by atoms with E-state index < -0.39 is 23.4 Å². The molecule has 3 heterocycles. The lowest BCUT2D eigenvalue weighted by molar-refractivity contribution is -0.119. The van der Waals surface area contributed by atoms with Crippen molar-refractivity contribution in [3.8, 4) is 33.4 Å². The summed E-state index contributed by atoms with van der Waals surface area (Å²) in [7, 11) is 0. The van der Waals surface area contributed by atoms with Gasteiger partial charge in [-0.05, 0) is 119 Å². The van der Waals surface area contributed by atoms with Gasteiger partial charge in [-0.2, -0.15) is 0 Å². The Balaban J connectivity index is 1.13. The Bertz CT molecular complexity index is 2480. The van der Waals surface area contributed by atoms with Crippen LogP contribution < -0.4 is 16.2 Å². The Labute approximate surface area is 343 Å². The molecule has 3 aromatic carbocycles. The molecular formula is C46H50ClN5O6. The standard InChI is InChI=1S/C46H50ClN5O6/c1-27-35(30-18-19-52-39(23-30)48-24-32(42(52)54)25-51(44(56)58-46(5,6)7)26-33-16-17-40(53)49-33)10-8-11-36(27)38-13-9-12-37(41(38)47)29-15-14-28-21-34(22-31(28)20-29)50-43(55)57-45(2,3)4/h8-15,18-20,23-24,33-34H,16-17,21-22,25-26H2,1-7H3,(H,49,53)(H,50,55)/t33-,34?/m0/s1. The Kier molecular flexibility index (Phi) is 11.1. The predicted molar refractivity (Wildman–Crippen MR) is 226 cm³/mol. The lowest BCUT2D eigenvalue weighted by atomic mass is 9.91. The van der Waals surface area contributed by atoms with Crippen molar-refractivity contribution in [2.75, 3.05) is 6.54 Å². The number of pyridine rings is 1. The van der Waals surface area contributed by atoms with E-state index in [0.717, 1.165) is 45.4 Å². The largest absolute Gasteiger partial charge is 0.444 e. The first-order valence-corrected chi connectivity index (χ1v) is 20.1. The van der Waals surface area contributed by atoms with E-state index in [1.54, 1.807) is 27.0 Å². The van der Waals surface area contributed by atoms with Crippen molar-refractivity contribution in [3.05, 3.63) is 117 Å². The van der Waals surface area contributed by atoms with E-state index >= 15 is 0 Å². The maximum absolute atomic E-state index is 13.8. The van der Waals surface area contributed by atoms with E-state index in [1.165, 1.54) is 26.6 Å². The minimum atomic E-state index is -0.734. The Morgan fingerprint density at radius 1 is 0.879 bits per heavy atom. The molecule has 58 heavy (non-hydrogen) atoms. The molecule has 0 bridgehead atoms. The van der Waals surface area contributed by atoms with E-state index in [1.807, 2.05) is 63.2 Å². The fourth-order valence-electron chi connectivity index (χ4n) is 7.77. The molecule has 0 saturated carbocycles. The summed E-state index contributed by atoms with van der Waals surface area (Å²) in [5.41, 5.74) is 8.23. The van der Waals surface area contributed by atoms with Gasteiger partial charge in [-0.3, -0.25) is 14.0 Å². The van der Waals surface area contributed by atoms with Gasteiger partial charge in [0.05, 0.1) is 17.1 Å². The molecular weight excluding hydrogens is 754 g/mol. The van der Waals surface area contributed by atoms with E-state index in [0.29, 0.717) is 35.5 Å². The van der Waals surface area contributed by atoms with Gasteiger partial charge < -0.3 is 25.0 Å². The lowest BCUT2D eigenvalue weighted by Gasteiger charge is -2.29. The number of hydrogen-bond donors (Lipinski definition) is 2. The topological polar surface area (TPSA) is 131 Å². The number of aromatic nitrogens is 2. The number of nitrogens with zero attached hydrogens (tertiary/aromatic N) is 3. The van der Waals surface area contributed by atoms with E-state index in [2.05, 4.69) is 46.8 Å². The summed E-state index contributed by atoms with van der Waals surface area (Å²) in [6.45, 7) is 13.2. The van der Waals surface area contributed by atoms with E-state index in [-0.39, 0.29) is 36.6 Å². The van der Waals surface area contributed by atoms with Gasteiger partial charge in [0, 0.05) is 48.6 Å². The molecule has 1 saturated heterocycles. The maximum Gasteiger partial charge on any atom is 0.410 e. The number of amides is 3. The monoisotopic (exact) mass is 803 g/mol. The number of rotatable bonds is 8. The molecule has 0 radical (unpaired) electrons. The molecule has 11 nitrogen and oxygen atoms in total. The molecule has 7 rings (SSSR count). The molecule has 5 aromatic rings. The summed E-state index contributed by atoms with van der Waals surface area (Å²) in [6.07, 6.45) is 4.69. The summed E-state index contributed by atoms with van der Waals surface area (Å²) >= 11 is 7.24. The highest BCUT2D eigenvalue weighted by Gasteiger charge is 2.30. The number of fused-ring (bicyclic) bond motifs is 2. The van der Waals surface area contributed by atoms with Crippen LogP contribution in [0.15, 0.2) is 83.9 Å². The maximum atomic E-state index is 13.8. The number of nitrogens with one attached hydrogen (secondary N) is 2. The van der Waals surface area contributed by atoms with Gasteiger partial charge in [-0.25, -0.2) is 14.6 Å². The molecule has 2 aliphatic rings. The Morgan fingerprint density at radius 2 is 1.55 bits per heavy atom. The minimum absolute atomic E-state index is 0.0178. The predicted octanol–water partition coefficient (Wildman–Crippen LogP) is 8.66. The van der Waals surface area contributed by atoms with Crippen LogP contribution in [0, 0.1) is 6.92 Å². The van der Waals surface area contributed by atoms with Crippen LogP contribution in [0.1, 0.15) is 76.6 Å². The van der Waals surface area contributed by atoms with Crippen molar-refractivity contribution >= 4 is 35.3 Å². The zero-order chi connectivity index (χ0) is 41.5. The molecule has 1 fully saturated rings. The molecule has 302 valence electrons. The summed E-state index contributed by atoms with van der Waals surface area (Å²) in [5, 5.41) is 6.55. The highest BCUT2D eigenvalue weighted by atomic mass is 35.5. The molecule has 1 aliphatic carbocycles. The van der Waals surface area contributed by atoms with Gasteiger partial charge in [0.2, 0.25) is 5.91 Å². The second-order valence-electron chi connectivity index (χ2n) is 17.3. The van der Waals surface area contributed by atoms with Crippen LogP contribution in [0.25, 0.3) is 39.0 Å². The lowest BCUT2D eigenvalue weighted by Crippen LogP contribution is -2.44. The number of hydrogen-bond acceptors (Lipinski definition) is 7. The average Bonchev–Trinajstić information content (AvgIpc) is 3.75. The van der Waals surface area contributed by atoms with E-state index in [9.17, 15) is 19.2 Å². The second-order valence-corrected chi connectivity index (χ2v) is 17.7. The van der Waals surface area contributed by atoms with Gasteiger partial charge in [-0.1, -0.05) is 66.2 Å². The van der Waals surface area contributed by atoms with Crippen LogP contribution in [0.4, 0.5) is 9.59 Å². The van der Waals surface area contributed by atoms with Crippen LogP contribution in [0.5, 0.6) is 0 Å². The van der Waals surface area contributed by atoms with Gasteiger partial charge in [-0.15, -0.1) is 0 Å². The Morgan fingerprint density at radius 3 is 2.26 bits per heavy atom. The summed E-state index contributed by atoms with van der Waals surface area (Å²) in [6, 6.07) is 22.0. The number of ether oxygens (including phenoxy) is 2. The third-order valence-corrected chi connectivity index (χ3v) is 10.8. The van der Waals surface area contributed by atoms with Crippen molar-refractivity contribution in [1.82, 2.24) is 24.9 Å². The summed E-state index contributed by atoms with van der Waals surface area (Å²) in [4.78, 5) is 57.5. The number of halogens is 1. The van der Waals surface area contributed by atoms with Gasteiger partial charge in [0.1, 0.15) is 16.8 Å². The normalized spacial score (nSPS) is 16.5. The molecule has 2 N–H and O–H groups in total. The van der Waals surface area contributed by atoms with Crippen LogP contribution in [-0.4, -0.2) is 62.2 Å². The quantitative estimate of drug-likeness (QED) is 0.161. The number of carbonyl (C=O) groups is 3. The van der Waals surface area contributed by atoms with Crippen LogP contribution in [0.2, 0.25) is 5.02 Å². The molecule has 1 unspecified atom stereocenters. The van der Waals surface area contributed by atoms with Gasteiger partial charge in [0.25, 0.3) is 5.56 Å². The number of benzene rings is 3.